The second kappa shape index (κ2) is 13.2. The fourth-order valence-electron chi connectivity index (χ4n) is 4.27. The molecule has 0 aliphatic rings. The van der Waals surface area contributed by atoms with Crippen molar-refractivity contribution in [2.75, 3.05) is 0 Å². The van der Waals surface area contributed by atoms with E-state index in [2.05, 4.69) is 25.7 Å². The monoisotopic (exact) mass is 585 g/mol. The molecule has 206 valence electrons. The number of tetrazole rings is 1. The molecule has 3 aromatic carbocycles. The van der Waals surface area contributed by atoms with Crippen molar-refractivity contribution in [2.45, 2.75) is 25.7 Å². The standard InChI is InChI=1S/C30H25Cl2N7O2/c31-25-12-10-23(11-13-25)29-35-37-39(36-29)20-27(40)38(19-24-8-4-5-9-26(24)32)28(22-14-16-33-17-15-22)30(41)34-18-21-6-2-1-3-7-21/h1-17,28H,18-20H2,(H,34,41)/t28-/m1/s1. The molecule has 0 spiro atoms. The van der Waals surface area contributed by atoms with E-state index in [9.17, 15) is 9.59 Å². The maximum absolute atomic E-state index is 14.0. The van der Waals surface area contributed by atoms with Gasteiger partial charge in [-0.3, -0.25) is 14.6 Å². The van der Waals surface area contributed by atoms with Gasteiger partial charge in [-0.05, 0) is 64.4 Å². The second-order valence-corrected chi connectivity index (χ2v) is 9.99. The Kier molecular flexibility index (Phi) is 8.98. The predicted molar refractivity (Wildman–Crippen MR) is 156 cm³/mol. The van der Waals surface area contributed by atoms with Gasteiger partial charge in [0.25, 0.3) is 0 Å². The number of pyridine rings is 1. The Morgan fingerprint density at radius 1 is 0.878 bits per heavy atom. The number of halogens is 2. The fourth-order valence-corrected chi connectivity index (χ4v) is 4.59. The first-order chi connectivity index (χ1) is 20.0. The number of benzene rings is 3. The first-order valence-corrected chi connectivity index (χ1v) is 13.5. The highest BCUT2D eigenvalue weighted by Gasteiger charge is 2.32. The van der Waals surface area contributed by atoms with Crippen molar-refractivity contribution in [3.8, 4) is 11.4 Å². The molecule has 2 aromatic heterocycles. The van der Waals surface area contributed by atoms with Gasteiger partial charge in [-0.25, -0.2) is 0 Å². The molecule has 5 rings (SSSR count). The lowest BCUT2D eigenvalue weighted by molar-refractivity contribution is -0.142. The van der Waals surface area contributed by atoms with E-state index in [1.807, 2.05) is 48.5 Å². The summed E-state index contributed by atoms with van der Waals surface area (Å²) in [5.74, 6) is -0.408. The summed E-state index contributed by atoms with van der Waals surface area (Å²) in [7, 11) is 0. The number of nitrogens with one attached hydrogen (secondary N) is 1. The van der Waals surface area contributed by atoms with E-state index >= 15 is 0 Å². The Morgan fingerprint density at radius 2 is 1.59 bits per heavy atom. The molecule has 5 aromatic rings. The first-order valence-electron chi connectivity index (χ1n) is 12.8. The number of carbonyl (C=O) groups excluding carboxylic acids is 2. The number of amides is 2. The summed E-state index contributed by atoms with van der Waals surface area (Å²) in [6, 6.07) is 26.2. The van der Waals surface area contributed by atoms with Gasteiger partial charge in [-0.1, -0.05) is 71.7 Å². The SMILES string of the molecule is O=C(NCc1ccccc1)[C@@H](c1ccncc1)N(Cc1ccccc1Cl)C(=O)Cn1nnc(-c2ccc(Cl)cc2)n1. The van der Waals surface area contributed by atoms with Crippen molar-refractivity contribution >= 4 is 35.0 Å². The maximum atomic E-state index is 14.0. The largest absolute Gasteiger partial charge is 0.350 e. The Bertz CT molecular complexity index is 1610. The molecular weight excluding hydrogens is 561 g/mol. The van der Waals surface area contributed by atoms with Gasteiger partial charge < -0.3 is 10.2 Å². The Balaban J connectivity index is 1.46. The van der Waals surface area contributed by atoms with E-state index in [0.717, 1.165) is 5.56 Å². The molecule has 1 atom stereocenters. The number of rotatable bonds is 10. The van der Waals surface area contributed by atoms with Crippen LogP contribution in [0.5, 0.6) is 0 Å². The molecule has 0 aliphatic heterocycles. The van der Waals surface area contributed by atoms with Gasteiger partial charge >= 0.3 is 0 Å². The lowest BCUT2D eigenvalue weighted by atomic mass is 10.0. The third-order valence-corrected chi connectivity index (χ3v) is 6.96. The Hall–Kier alpha value is -4.60. The van der Waals surface area contributed by atoms with Crippen molar-refractivity contribution in [1.29, 1.82) is 0 Å². The summed E-state index contributed by atoms with van der Waals surface area (Å²) in [6.45, 7) is 0.117. The lowest BCUT2D eigenvalue weighted by Crippen LogP contribution is -2.44. The molecule has 0 radical (unpaired) electrons. The molecule has 0 unspecified atom stereocenters. The van der Waals surface area contributed by atoms with E-state index in [0.29, 0.717) is 39.1 Å². The zero-order valence-electron chi connectivity index (χ0n) is 21.8. The molecule has 41 heavy (non-hydrogen) atoms. The van der Waals surface area contributed by atoms with E-state index in [1.165, 1.54) is 9.70 Å². The van der Waals surface area contributed by atoms with Gasteiger partial charge in [-0.2, -0.15) is 4.80 Å². The lowest BCUT2D eigenvalue weighted by Gasteiger charge is -2.31. The highest BCUT2D eigenvalue weighted by atomic mass is 35.5. The molecule has 2 heterocycles. The van der Waals surface area contributed by atoms with Crippen LogP contribution in [0, 0.1) is 0 Å². The number of carbonyl (C=O) groups is 2. The van der Waals surface area contributed by atoms with Crippen LogP contribution >= 0.6 is 23.2 Å². The summed E-state index contributed by atoms with van der Waals surface area (Å²) in [4.78, 5) is 34.5. The molecule has 0 saturated carbocycles. The van der Waals surface area contributed by atoms with Crippen molar-refractivity contribution in [1.82, 2.24) is 35.4 Å². The quantitative estimate of drug-likeness (QED) is 0.243. The van der Waals surface area contributed by atoms with Crippen LogP contribution in [0.25, 0.3) is 11.4 Å². The summed E-state index contributed by atoms with van der Waals surface area (Å²) in [5.41, 5.74) is 2.92. The second-order valence-electron chi connectivity index (χ2n) is 9.15. The minimum atomic E-state index is -0.982. The number of nitrogens with zero attached hydrogens (tertiary/aromatic N) is 6. The Morgan fingerprint density at radius 3 is 2.32 bits per heavy atom. The van der Waals surface area contributed by atoms with Crippen LogP contribution in [0.3, 0.4) is 0 Å². The number of hydrogen-bond acceptors (Lipinski definition) is 6. The summed E-state index contributed by atoms with van der Waals surface area (Å²) in [5, 5.41) is 16.6. The Labute approximate surface area is 246 Å². The topological polar surface area (TPSA) is 106 Å². The maximum Gasteiger partial charge on any atom is 0.247 e. The van der Waals surface area contributed by atoms with Crippen LogP contribution in [0.15, 0.2) is 103 Å². The van der Waals surface area contributed by atoms with Crippen LogP contribution in [-0.2, 0) is 29.2 Å². The molecule has 2 amide bonds. The van der Waals surface area contributed by atoms with E-state index in [-0.39, 0.29) is 19.0 Å². The molecular formula is C30H25Cl2N7O2. The van der Waals surface area contributed by atoms with Crippen molar-refractivity contribution in [3.63, 3.8) is 0 Å². The smallest absolute Gasteiger partial charge is 0.247 e. The minimum Gasteiger partial charge on any atom is -0.350 e. The summed E-state index contributed by atoms with van der Waals surface area (Å²) in [6.07, 6.45) is 3.17. The molecule has 1 N–H and O–H groups in total. The normalized spacial score (nSPS) is 11.6. The van der Waals surface area contributed by atoms with Gasteiger partial charge in [0.1, 0.15) is 12.6 Å². The third-order valence-electron chi connectivity index (χ3n) is 6.34. The molecule has 0 bridgehead atoms. The minimum absolute atomic E-state index is 0.0724. The molecule has 9 nitrogen and oxygen atoms in total. The predicted octanol–water partition coefficient (Wildman–Crippen LogP) is 5.13. The van der Waals surface area contributed by atoms with Crippen LogP contribution in [-0.4, -0.2) is 41.9 Å². The number of hydrogen-bond donors (Lipinski definition) is 1. The highest BCUT2D eigenvalue weighted by molar-refractivity contribution is 6.31. The first kappa shape index (κ1) is 27.9. The molecule has 0 saturated heterocycles. The van der Waals surface area contributed by atoms with Gasteiger partial charge in [0.2, 0.25) is 17.6 Å². The average Bonchev–Trinajstić information content (AvgIpc) is 3.46. The van der Waals surface area contributed by atoms with Gasteiger partial charge in [-0.15, -0.1) is 10.2 Å². The molecule has 0 fully saturated rings. The highest BCUT2D eigenvalue weighted by Crippen LogP contribution is 2.27. The zero-order valence-corrected chi connectivity index (χ0v) is 23.3. The fraction of sp³-hybridized carbons (Fsp3) is 0.133. The van der Waals surface area contributed by atoms with Crippen LogP contribution in [0.4, 0.5) is 0 Å². The van der Waals surface area contributed by atoms with Crippen molar-refractivity contribution < 1.29 is 9.59 Å². The molecule has 11 heteroatoms. The van der Waals surface area contributed by atoms with Crippen LogP contribution in [0.1, 0.15) is 22.7 Å². The van der Waals surface area contributed by atoms with Crippen LogP contribution in [0.2, 0.25) is 10.0 Å². The van der Waals surface area contributed by atoms with Crippen molar-refractivity contribution in [3.05, 3.63) is 130 Å². The van der Waals surface area contributed by atoms with E-state index < -0.39 is 11.9 Å². The summed E-state index contributed by atoms with van der Waals surface area (Å²) < 4.78 is 0. The number of aromatic nitrogens is 5. The third kappa shape index (κ3) is 7.13. The molecule has 0 aliphatic carbocycles. The summed E-state index contributed by atoms with van der Waals surface area (Å²) >= 11 is 12.5. The van der Waals surface area contributed by atoms with Gasteiger partial charge in [0.05, 0.1) is 0 Å². The zero-order chi connectivity index (χ0) is 28.6. The van der Waals surface area contributed by atoms with Gasteiger partial charge in [0, 0.05) is 41.1 Å². The van der Waals surface area contributed by atoms with E-state index in [4.69, 9.17) is 23.2 Å². The average molecular weight is 586 g/mol. The van der Waals surface area contributed by atoms with Crippen LogP contribution < -0.4 is 5.32 Å². The van der Waals surface area contributed by atoms with Crippen molar-refractivity contribution in [2.24, 2.45) is 0 Å². The van der Waals surface area contributed by atoms with E-state index in [1.54, 1.807) is 54.9 Å². The van der Waals surface area contributed by atoms with Gasteiger partial charge in [0.15, 0.2) is 0 Å².